The zero-order valence-electron chi connectivity index (χ0n) is 17.4. The number of carbonyl (C=O) groups excluding carboxylic acids is 1. The van der Waals surface area contributed by atoms with Crippen molar-refractivity contribution < 1.29 is 4.79 Å². The highest BCUT2D eigenvalue weighted by atomic mass is 32.1. The fourth-order valence-electron chi connectivity index (χ4n) is 3.81. The lowest BCUT2D eigenvalue weighted by molar-refractivity contribution is 0.0982. The smallest absolute Gasteiger partial charge is 0.163 e. The molecule has 4 rings (SSSR count). The van der Waals surface area contributed by atoms with Gasteiger partial charge in [0, 0.05) is 43.2 Å². The van der Waals surface area contributed by atoms with Gasteiger partial charge in [-0.25, -0.2) is 4.98 Å². The Bertz CT molecular complexity index is 984. The molecule has 3 aromatic rings. The summed E-state index contributed by atoms with van der Waals surface area (Å²) in [5.41, 5.74) is 4.31. The molecule has 29 heavy (non-hydrogen) atoms. The lowest BCUT2D eigenvalue weighted by atomic mass is 9.99. The van der Waals surface area contributed by atoms with Gasteiger partial charge in [-0.1, -0.05) is 48.5 Å². The number of thiazole rings is 1. The van der Waals surface area contributed by atoms with Crippen molar-refractivity contribution in [3.05, 3.63) is 76.4 Å². The number of ketones is 1. The van der Waals surface area contributed by atoms with Crippen molar-refractivity contribution in [3.8, 4) is 10.4 Å². The summed E-state index contributed by atoms with van der Waals surface area (Å²) >= 11 is 1.81. The molecule has 1 aliphatic heterocycles. The van der Waals surface area contributed by atoms with Crippen LogP contribution in [0.5, 0.6) is 0 Å². The Hall–Kier alpha value is -2.30. The number of aryl methyl sites for hydroxylation is 2. The molecule has 1 aliphatic rings. The van der Waals surface area contributed by atoms with E-state index in [-0.39, 0.29) is 5.78 Å². The summed E-state index contributed by atoms with van der Waals surface area (Å²) in [6, 6.07) is 17.0. The number of rotatable bonds is 7. The minimum absolute atomic E-state index is 0.218. The van der Waals surface area contributed by atoms with Gasteiger partial charge in [0.05, 0.1) is 9.88 Å². The SMILES string of the molecule is Cc1ccccc1C(=O)CCc1ccc(-c2cnc(C3CN(C(C)C)C3)s2)cc1. The number of likely N-dealkylation sites (tertiary alicyclic amines) is 1. The van der Waals surface area contributed by atoms with Crippen molar-refractivity contribution in [1.29, 1.82) is 0 Å². The van der Waals surface area contributed by atoms with Crippen LogP contribution in [0.15, 0.2) is 54.7 Å². The van der Waals surface area contributed by atoms with Crippen LogP contribution in [-0.4, -0.2) is 34.8 Å². The Labute approximate surface area is 177 Å². The summed E-state index contributed by atoms with van der Waals surface area (Å²) in [5.74, 6) is 0.804. The zero-order chi connectivity index (χ0) is 20.4. The molecule has 2 aromatic carbocycles. The lowest BCUT2D eigenvalue weighted by Crippen LogP contribution is -2.48. The van der Waals surface area contributed by atoms with Crippen LogP contribution in [-0.2, 0) is 6.42 Å². The number of hydrogen-bond acceptors (Lipinski definition) is 4. The van der Waals surface area contributed by atoms with Gasteiger partial charge >= 0.3 is 0 Å². The Morgan fingerprint density at radius 3 is 2.55 bits per heavy atom. The molecule has 0 aliphatic carbocycles. The minimum Gasteiger partial charge on any atom is -0.299 e. The third-order valence-corrected chi connectivity index (χ3v) is 7.05. The second-order valence-electron chi connectivity index (χ2n) is 8.24. The molecule has 0 saturated carbocycles. The predicted octanol–water partition coefficient (Wildman–Crippen LogP) is 5.74. The molecule has 0 spiro atoms. The third kappa shape index (κ3) is 4.49. The number of aromatic nitrogens is 1. The van der Waals surface area contributed by atoms with Crippen molar-refractivity contribution in [2.75, 3.05) is 13.1 Å². The molecule has 1 saturated heterocycles. The quantitative estimate of drug-likeness (QED) is 0.471. The number of benzene rings is 2. The zero-order valence-corrected chi connectivity index (χ0v) is 18.2. The fourth-order valence-corrected chi connectivity index (χ4v) is 4.82. The average Bonchev–Trinajstić information content (AvgIpc) is 3.15. The van der Waals surface area contributed by atoms with E-state index in [9.17, 15) is 4.79 Å². The van der Waals surface area contributed by atoms with Crippen LogP contribution in [0, 0.1) is 6.92 Å². The van der Waals surface area contributed by atoms with E-state index >= 15 is 0 Å². The Morgan fingerprint density at radius 1 is 1.14 bits per heavy atom. The van der Waals surface area contributed by atoms with Crippen LogP contribution in [0.3, 0.4) is 0 Å². The van der Waals surface area contributed by atoms with Crippen molar-refractivity contribution >= 4 is 17.1 Å². The van der Waals surface area contributed by atoms with Gasteiger partial charge in [0.2, 0.25) is 0 Å². The standard InChI is InChI=1S/C25H28N2OS/c1-17(2)27-15-21(16-27)25-26-14-24(29-25)20-11-8-19(9-12-20)10-13-23(28)22-7-5-4-6-18(22)3/h4-9,11-12,14,17,21H,10,13,15-16H2,1-3H3. The lowest BCUT2D eigenvalue weighted by Gasteiger charge is -2.41. The first-order valence-electron chi connectivity index (χ1n) is 10.4. The average molecular weight is 405 g/mol. The summed E-state index contributed by atoms with van der Waals surface area (Å²) in [5, 5.41) is 1.25. The largest absolute Gasteiger partial charge is 0.299 e. The second-order valence-corrected chi connectivity index (χ2v) is 9.30. The molecule has 0 radical (unpaired) electrons. The minimum atomic E-state index is 0.218. The number of hydrogen-bond donors (Lipinski definition) is 0. The van der Waals surface area contributed by atoms with E-state index in [0.29, 0.717) is 18.4 Å². The van der Waals surface area contributed by atoms with Gasteiger partial charge in [0.15, 0.2) is 5.78 Å². The highest BCUT2D eigenvalue weighted by molar-refractivity contribution is 7.15. The van der Waals surface area contributed by atoms with Crippen LogP contribution in [0.25, 0.3) is 10.4 Å². The first-order chi connectivity index (χ1) is 14.0. The van der Waals surface area contributed by atoms with Crippen LogP contribution in [0.4, 0.5) is 0 Å². The summed E-state index contributed by atoms with van der Waals surface area (Å²) in [6.07, 6.45) is 3.33. The maximum atomic E-state index is 12.5. The Kier molecular flexibility index (Phi) is 5.93. The van der Waals surface area contributed by atoms with E-state index < -0.39 is 0 Å². The van der Waals surface area contributed by atoms with Crippen LogP contribution in [0.2, 0.25) is 0 Å². The van der Waals surface area contributed by atoms with Crippen molar-refractivity contribution in [2.45, 2.75) is 45.6 Å². The number of nitrogens with zero attached hydrogens (tertiary/aromatic N) is 2. The van der Waals surface area contributed by atoms with Gasteiger partial charge in [-0.15, -0.1) is 11.3 Å². The number of Topliss-reactive ketones (excluding diaryl/α,β-unsaturated/α-hetero) is 1. The predicted molar refractivity (Wildman–Crippen MR) is 121 cm³/mol. The first-order valence-corrected chi connectivity index (χ1v) is 11.2. The van der Waals surface area contributed by atoms with E-state index in [1.807, 2.05) is 48.7 Å². The number of carbonyl (C=O) groups is 1. The molecule has 0 bridgehead atoms. The summed E-state index contributed by atoms with van der Waals surface area (Å²) in [6.45, 7) is 8.74. The highest BCUT2D eigenvalue weighted by Gasteiger charge is 2.31. The Morgan fingerprint density at radius 2 is 1.86 bits per heavy atom. The van der Waals surface area contributed by atoms with Crippen LogP contribution in [0.1, 0.15) is 52.7 Å². The summed E-state index contributed by atoms with van der Waals surface area (Å²) in [4.78, 5) is 20.9. The molecule has 1 fully saturated rings. The molecular formula is C25H28N2OS. The summed E-state index contributed by atoms with van der Waals surface area (Å²) < 4.78 is 0. The van der Waals surface area contributed by atoms with Gasteiger partial charge in [-0.2, -0.15) is 0 Å². The molecular weight excluding hydrogens is 376 g/mol. The normalized spacial score (nSPS) is 14.9. The van der Waals surface area contributed by atoms with Gasteiger partial charge in [-0.05, 0) is 43.9 Å². The molecule has 2 heterocycles. The van der Waals surface area contributed by atoms with Gasteiger partial charge in [0.1, 0.15) is 0 Å². The topological polar surface area (TPSA) is 33.2 Å². The van der Waals surface area contributed by atoms with Crippen LogP contribution >= 0.6 is 11.3 Å². The van der Waals surface area contributed by atoms with Gasteiger partial charge in [-0.3, -0.25) is 9.69 Å². The molecule has 4 heteroatoms. The van der Waals surface area contributed by atoms with E-state index in [4.69, 9.17) is 0 Å². The van der Waals surface area contributed by atoms with E-state index in [1.54, 1.807) is 0 Å². The molecule has 0 amide bonds. The second kappa shape index (κ2) is 8.60. The summed E-state index contributed by atoms with van der Waals surface area (Å²) in [7, 11) is 0. The molecule has 1 aromatic heterocycles. The molecule has 0 atom stereocenters. The van der Waals surface area contributed by atoms with Gasteiger partial charge in [0.25, 0.3) is 0 Å². The van der Waals surface area contributed by atoms with E-state index in [1.165, 1.54) is 21.0 Å². The highest BCUT2D eigenvalue weighted by Crippen LogP contribution is 2.35. The van der Waals surface area contributed by atoms with Crippen molar-refractivity contribution in [2.24, 2.45) is 0 Å². The Balaban J connectivity index is 1.35. The van der Waals surface area contributed by atoms with Crippen molar-refractivity contribution in [3.63, 3.8) is 0 Å². The first kappa shape index (κ1) is 20.0. The maximum absolute atomic E-state index is 12.5. The third-order valence-electron chi connectivity index (χ3n) is 5.84. The molecule has 0 N–H and O–H groups in total. The molecule has 0 unspecified atom stereocenters. The van der Waals surface area contributed by atoms with E-state index in [0.717, 1.165) is 30.6 Å². The van der Waals surface area contributed by atoms with Gasteiger partial charge < -0.3 is 0 Å². The monoisotopic (exact) mass is 404 g/mol. The maximum Gasteiger partial charge on any atom is 0.163 e. The fraction of sp³-hybridized carbons (Fsp3) is 0.360. The van der Waals surface area contributed by atoms with Crippen molar-refractivity contribution in [1.82, 2.24) is 9.88 Å². The van der Waals surface area contributed by atoms with Crippen LogP contribution < -0.4 is 0 Å². The molecule has 3 nitrogen and oxygen atoms in total. The molecule has 150 valence electrons. The van der Waals surface area contributed by atoms with E-state index in [2.05, 4.69) is 48.0 Å².